The van der Waals surface area contributed by atoms with Crippen LogP contribution in [-0.2, 0) is 4.79 Å². The smallest absolute Gasteiger partial charge is 0.337 e. The van der Waals surface area contributed by atoms with E-state index in [0.29, 0.717) is 26.9 Å². The summed E-state index contributed by atoms with van der Waals surface area (Å²) < 4.78 is 0. The fraction of sp³-hybridized carbons (Fsp3) is 0.118. The number of carboxylic acid groups (broad SMARTS) is 1. The second-order valence-corrected chi connectivity index (χ2v) is 6.29. The quantitative estimate of drug-likeness (QED) is 0.515. The highest BCUT2D eigenvalue weighted by Crippen LogP contribution is 2.29. The van der Waals surface area contributed by atoms with E-state index in [4.69, 9.17) is 34.0 Å². The summed E-state index contributed by atoms with van der Waals surface area (Å²) in [6, 6.07) is 6.18. The van der Waals surface area contributed by atoms with Crippen LogP contribution >= 0.6 is 23.2 Å². The van der Waals surface area contributed by atoms with Gasteiger partial charge in [0.1, 0.15) is 0 Å². The van der Waals surface area contributed by atoms with Crippen molar-refractivity contribution in [3.63, 3.8) is 0 Å². The summed E-state index contributed by atoms with van der Waals surface area (Å²) in [5, 5.41) is 12.0. The molecule has 0 spiro atoms. The number of carbonyl (C=O) groups is 3. The number of Topliss-reactive ketones (excluding diaryl/α,β-unsaturated/α-hetero) is 1. The Balaban J connectivity index is 0.000000181. The second kappa shape index (κ2) is 7.13. The van der Waals surface area contributed by atoms with E-state index in [1.165, 1.54) is 12.1 Å². The highest BCUT2D eigenvalue weighted by Gasteiger charge is 2.29. The van der Waals surface area contributed by atoms with Gasteiger partial charge in [-0.2, -0.15) is 0 Å². The third-order valence-corrected chi connectivity index (χ3v) is 4.01. The van der Waals surface area contributed by atoms with Gasteiger partial charge in [-0.05, 0) is 49.2 Å². The SMILES string of the molecule is Cc1cc(Cl)cc(C(=O)O)c1N.Cc1cc(Cl)cc2c1NC(=O)C2=O. The van der Waals surface area contributed by atoms with Gasteiger partial charge in [-0.25, -0.2) is 4.79 Å². The molecular formula is C17H14Cl2N2O4. The van der Waals surface area contributed by atoms with Crippen LogP contribution < -0.4 is 11.1 Å². The van der Waals surface area contributed by atoms with Crippen LogP contribution in [0.4, 0.5) is 11.4 Å². The maximum Gasteiger partial charge on any atom is 0.337 e. The number of hydrogen-bond donors (Lipinski definition) is 3. The third-order valence-electron chi connectivity index (χ3n) is 3.57. The second-order valence-electron chi connectivity index (χ2n) is 5.42. The fourth-order valence-electron chi connectivity index (χ4n) is 2.31. The first-order valence-corrected chi connectivity index (χ1v) is 7.82. The summed E-state index contributed by atoms with van der Waals surface area (Å²) in [6.07, 6.45) is 0. The molecule has 130 valence electrons. The van der Waals surface area contributed by atoms with Crippen LogP contribution in [0.5, 0.6) is 0 Å². The molecule has 0 fully saturated rings. The molecule has 6 nitrogen and oxygen atoms in total. The van der Waals surface area contributed by atoms with E-state index in [1.54, 1.807) is 26.0 Å². The van der Waals surface area contributed by atoms with Gasteiger partial charge in [-0.3, -0.25) is 9.59 Å². The molecule has 0 aromatic heterocycles. The lowest BCUT2D eigenvalue weighted by atomic mass is 10.1. The standard InChI is InChI=1S/C9H6ClNO2.C8H8ClNO2/c1-4-2-5(10)3-6-7(4)11-9(13)8(6)12;1-4-2-5(9)3-6(7(4)10)8(11)12/h2-3H,1H3,(H,11,12,13);2-3H,10H2,1H3,(H,11,12). The number of carboxylic acids is 1. The lowest BCUT2D eigenvalue weighted by Crippen LogP contribution is -2.12. The Labute approximate surface area is 153 Å². The largest absolute Gasteiger partial charge is 0.478 e. The minimum Gasteiger partial charge on any atom is -0.478 e. The van der Waals surface area contributed by atoms with Crippen LogP contribution in [0.3, 0.4) is 0 Å². The molecule has 0 radical (unpaired) electrons. The first kappa shape index (κ1) is 18.8. The van der Waals surface area contributed by atoms with Crippen molar-refractivity contribution in [2.75, 3.05) is 11.1 Å². The van der Waals surface area contributed by atoms with Crippen molar-refractivity contribution < 1.29 is 19.5 Å². The molecular weight excluding hydrogens is 367 g/mol. The molecule has 8 heteroatoms. The average Bonchev–Trinajstić information content (AvgIpc) is 2.80. The number of aromatic carboxylic acids is 1. The predicted molar refractivity (Wildman–Crippen MR) is 96.7 cm³/mol. The van der Waals surface area contributed by atoms with E-state index in [1.807, 2.05) is 0 Å². The first-order chi connectivity index (χ1) is 11.6. The lowest BCUT2D eigenvalue weighted by Gasteiger charge is -2.04. The van der Waals surface area contributed by atoms with Gasteiger partial charge >= 0.3 is 5.97 Å². The van der Waals surface area contributed by atoms with Crippen molar-refractivity contribution in [1.29, 1.82) is 0 Å². The van der Waals surface area contributed by atoms with Crippen molar-refractivity contribution in [2.24, 2.45) is 0 Å². The highest BCUT2D eigenvalue weighted by molar-refractivity contribution is 6.52. The van der Waals surface area contributed by atoms with E-state index in [9.17, 15) is 14.4 Å². The molecule has 1 aliphatic heterocycles. The molecule has 0 aliphatic carbocycles. The van der Waals surface area contributed by atoms with Gasteiger partial charge < -0.3 is 16.2 Å². The number of anilines is 2. The van der Waals surface area contributed by atoms with E-state index in [2.05, 4.69) is 5.32 Å². The number of carbonyl (C=O) groups excluding carboxylic acids is 2. The van der Waals surface area contributed by atoms with Gasteiger partial charge in [-0.1, -0.05) is 23.2 Å². The summed E-state index contributed by atoms with van der Waals surface area (Å²) in [5.74, 6) is -2.15. The molecule has 0 saturated heterocycles. The number of fused-ring (bicyclic) bond motifs is 1. The molecule has 2 aromatic carbocycles. The number of benzene rings is 2. The Morgan fingerprint density at radius 3 is 2.20 bits per heavy atom. The Kier molecular flexibility index (Phi) is 5.35. The topological polar surface area (TPSA) is 109 Å². The highest BCUT2D eigenvalue weighted by atomic mass is 35.5. The van der Waals surface area contributed by atoms with Gasteiger partial charge in [0, 0.05) is 15.7 Å². The normalized spacial score (nSPS) is 12.2. The molecule has 0 bridgehead atoms. The minimum atomic E-state index is -1.06. The number of nitrogens with two attached hydrogens (primary N) is 1. The van der Waals surface area contributed by atoms with Gasteiger partial charge in [0.25, 0.3) is 11.7 Å². The van der Waals surface area contributed by atoms with Crippen molar-refractivity contribution in [2.45, 2.75) is 13.8 Å². The molecule has 1 aliphatic rings. The minimum absolute atomic E-state index is 0.0556. The summed E-state index contributed by atoms with van der Waals surface area (Å²) in [5.41, 5.74) is 8.28. The Hall–Kier alpha value is -2.57. The molecule has 4 N–H and O–H groups in total. The number of nitrogen functional groups attached to an aromatic ring is 1. The van der Waals surface area contributed by atoms with Crippen LogP contribution in [0.2, 0.25) is 10.0 Å². The Morgan fingerprint density at radius 2 is 1.60 bits per heavy atom. The number of rotatable bonds is 1. The maximum atomic E-state index is 11.2. The average molecular weight is 381 g/mol. The molecule has 0 atom stereocenters. The zero-order valence-corrected chi connectivity index (χ0v) is 14.8. The maximum absolute atomic E-state index is 11.2. The summed E-state index contributed by atoms with van der Waals surface area (Å²) in [6.45, 7) is 3.51. The monoisotopic (exact) mass is 380 g/mol. The molecule has 1 heterocycles. The van der Waals surface area contributed by atoms with Crippen molar-refractivity contribution in [1.82, 2.24) is 0 Å². The number of amides is 1. The van der Waals surface area contributed by atoms with Gasteiger partial charge in [0.05, 0.1) is 16.8 Å². The Bertz CT molecular complexity index is 910. The number of nitrogens with one attached hydrogen (secondary N) is 1. The molecule has 3 rings (SSSR count). The first-order valence-electron chi connectivity index (χ1n) is 7.06. The molecule has 25 heavy (non-hydrogen) atoms. The van der Waals surface area contributed by atoms with Crippen molar-refractivity contribution in [3.05, 3.63) is 56.6 Å². The van der Waals surface area contributed by atoms with Crippen LogP contribution in [0.15, 0.2) is 24.3 Å². The summed E-state index contributed by atoms with van der Waals surface area (Å²) in [4.78, 5) is 32.8. The molecule has 1 amide bonds. The number of aryl methyl sites for hydroxylation is 2. The van der Waals surface area contributed by atoms with Gasteiger partial charge in [0.2, 0.25) is 0 Å². The van der Waals surface area contributed by atoms with E-state index in [-0.39, 0.29) is 11.3 Å². The van der Waals surface area contributed by atoms with Crippen molar-refractivity contribution >= 4 is 52.2 Å². The van der Waals surface area contributed by atoms with Crippen LogP contribution in [0, 0.1) is 13.8 Å². The summed E-state index contributed by atoms with van der Waals surface area (Å²) in [7, 11) is 0. The van der Waals surface area contributed by atoms with Gasteiger partial charge in [0.15, 0.2) is 0 Å². The van der Waals surface area contributed by atoms with Crippen LogP contribution in [-0.4, -0.2) is 22.8 Å². The lowest BCUT2D eigenvalue weighted by molar-refractivity contribution is -0.112. The zero-order valence-electron chi connectivity index (χ0n) is 13.3. The van der Waals surface area contributed by atoms with Crippen LogP contribution in [0.25, 0.3) is 0 Å². The third kappa shape index (κ3) is 3.92. The molecule has 2 aromatic rings. The fourth-order valence-corrected chi connectivity index (χ4v) is 2.86. The predicted octanol–water partition coefficient (Wildman–Crippen LogP) is 3.71. The number of hydrogen-bond acceptors (Lipinski definition) is 4. The number of halogens is 2. The molecule has 0 unspecified atom stereocenters. The number of ketones is 1. The molecule has 0 saturated carbocycles. The van der Waals surface area contributed by atoms with E-state index < -0.39 is 17.7 Å². The Morgan fingerprint density at radius 1 is 1.04 bits per heavy atom. The van der Waals surface area contributed by atoms with Crippen LogP contribution in [0.1, 0.15) is 31.8 Å². The van der Waals surface area contributed by atoms with Gasteiger partial charge in [-0.15, -0.1) is 0 Å². The van der Waals surface area contributed by atoms with Crippen molar-refractivity contribution in [3.8, 4) is 0 Å². The summed E-state index contributed by atoms with van der Waals surface area (Å²) >= 11 is 11.4. The van der Waals surface area contributed by atoms with E-state index >= 15 is 0 Å². The zero-order chi connectivity index (χ0) is 18.9. The van der Waals surface area contributed by atoms with E-state index in [0.717, 1.165) is 5.56 Å².